The van der Waals surface area contributed by atoms with Crippen molar-refractivity contribution in [2.45, 2.75) is 33.2 Å². The minimum Gasteiger partial charge on any atom is -0.345 e. The molecule has 1 atom stereocenters. The summed E-state index contributed by atoms with van der Waals surface area (Å²) in [6.45, 7) is 5.78. The zero-order valence-electron chi connectivity index (χ0n) is 14.4. The molecule has 24 heavy (non-hydrogen) atoms. The predicted octanol–water partition coefficient (Wildman–Crippen LogP) is 1.64. The summed E-state index contributed by atoms with van der Waals surface area (Å²) in [7, 11) is 0. The maximum atomic E-state index is 12.3. The second-order valence-corrected chi connectivity index (χ2v) is 5.45. The van der Waals surface area contributed by atoms with Crippen molar-refractivity contribution in [2.24, 2.45) is 5.73 Å². The molecule has 0 aliphatic rings. The van der Waals surface area contributed by atoms with Gasteiger partial charge in [-0.1, -0.05) is 31.2 Å². The van der Waals surface area contributed by atoms with Crippen LogP contribution in [0.1, 0.15) is 37.9 Å². The van der Waals surface area contributed by atoms with E-state index < -0.39 is 5.91 Å². The van der Waals surface area contributed by atoms with Gasteiger partial charge >= 0.3 is 0 Å². The standard InChI is InChI=1S/C18H24N4O2/c1-4-15-5-7-16(8-6-15)13(2)21-18(24)17(11-20)12-22(10-9-19)14(3)23/h5-8,12-13H,4,9-10,19H2,1-3H3,(H,21,24)/b17-12-. The summed E-state index contributed by atoms with van der Waals surface area (Å²) < 4.78 is 0. The van der Waals surface area contributed by atoms with Gasteiger partial charge in [0.25, 0.3) is 5.91 Å². The Hall–Kier alpha value is -2.65. The van der Waals surface area contributed by atoms with Crippen LogP contribution in [0, 0.1) is 11.3 Å². The fourth-order valence-electron chi connectivity index (χ4n) is 2.15. The molecule has 0 spiro atoms. The first kappa shape index (κ1) is 19.4. The molecule has 0 bridgehead atoms. The fourth-order valence-corrected chi connectivity index (χ4v) is 2.15. The van der Waals surface area contributed by atoms with Gasteiger partial charge in [-0.2, -0.15) is 5.26 Å². The van der Waals surface area contributed by atoms with Crippen LogP contribution in [-0.4, -0.2) is 29.8 Å². The largest absolute Gasteiger partial charge is 0.345 e. The first-order valence-electron chi connectivity index (χ1n) is 7.91. The normalized spacial score (nSPS) is 12.2. The Morgan fingerprint density at radius 1 is 1.38 bits per heavy atom. The van der Waals surface area contributed by atoms with E-state index in [0.717, 1.165) is 12.0 Å². The van der Waals surface area contributed by atoms with Crippen LogP contribution in [0.25, 0.3) is 0 Å². The summed E-state index contributed by atoms with van der Waals surface area (Å²) in [6, 6.07) is 9.52. The van der Waals surface area contributed by atoms with Crippen molar-refractivity contribution in [1.29, 1.82) is 5.26 Å². The highest BCUT2D eigenvalue weighted by Gasteiger charge is 2.16. The summed E-state index contributed by atoms with van der Waals surface area (Å²) in [5, 5.41) is 12.0. The molecule has 1 rings (SSSR count). The third-order valence-electron chi connectivity index (χ3n) is 3.66. The number of carbonyl (C=O) groups is 2. The Bertz CT molecular complexity index is 644. The van der Waals surface area contributed by atoms with E-state index in [0.29, 0.717) is 0 Å². The molecule has 3 N–H and O–H groups in total. The second kappa shape index (κ2) is 9.48. The molecule has 6 heteroatoms. The molecule has 0 aromatic heterocycles. The van der Waals surface area contributed by atoms with E-state index in [1.807, 2.05) is 37.3 Å². The maximum Gasteiger partial charge on any atom is 0.263 e. The van der Waals surface area contributed by atoms with Gasteiger partial charge in [-0.15, -0.1) is 0 Å². The monoisotopic (exact) mass is 328 g/mol. The zero-order valence-corrected chi connectivity index (χ0v) is 14.4. The summed E-state index contributed by atoms with van der Waals surface area (Å²) in [4.78, 5) is 25.0. The maximum absolute atomic E-state index is 12.3. The number of hydrogen-bond donors (Lipinski definition) is 2. The van der Waals surface area contributed by atoms with E-state index in [1.54, 1.807) is 0 Å². The molecule has 0 aliphatic carbocycles. The topological polar surface area (TPSA) is 99.2 Å². The molecule has 128 valence electrons. The van der Waals surface area contributed by atoms with Gasteiger partial charge in [0.1, 0.15) is 11.6 Å². The lowest BCUT2D eigenvalue weighted by Crippen LogP contribution is -2.32. The smallest absolute Gasteiger partial charge is 0.263 e. The quantitative estimate of drug-likeness (QED) is 0.587. The van der Waals surface area contributed by atoms with Crippen molar-refractivity contribution in [3.63, 3.8) is 0 Å². The minimum atomic E-state index is -0.521. The van der Waals surface area contributed by atoms with Gasteiger partial charge < -0.3 is 16.0 Å². The molecule has 1 unspecified atom stereocenters. The first-order valence-corrected chi connectivity index (χ1v) is 7.91. The molecular formula is C18H24N4O2. The number of nitriles is 1. The SMILES string of the molecule is CCc1ccc(C(C)NC(=O)/C(C#N)=C\N(CCN)C(C)=O)cc1. The van der Waals surface area contributed by atoms with E-state index in [9.17, 15) is 14.9 Å². The summed E-state index contributed by atoms with van der Waals surface area (Å²) >= 11 is 0. The molecule has 6 nitrogen and oxygen atoms in total. The van der Waals surface area contributed by atoms with Crippen LogP contribution < -0.4 is 11.1 Å². The van der Waals surface area contributed by atoms with Crippen LogP contribution in [0.15, 0.2) is 36.0 Å². The van der Waals surface area contributed by atoms with Crippen molar-refractivity contribution >= 4 is 11.8 Å². The number of amides is 2. The number of aryl methyl sites for hydroxylation is 1. The van der Waals surface area contributed by atoms with Crippen molar-refractivity contribution in [3.05, 3.63) is 47.2 Å². The van der Waals surface area contributed by atoms with E-state index in [1.165, 1.54) is 23.6 Å². The zero-order chi connectivity index (χ0) is 18.1. The Labute approximate surface area is 142 Å². The van der Waals surface area contributed by atoms with Crippen LogP contribution in [0.3, 0.4) is 0 Å². The highest BCUT2D eigenvalue weighted by atomic mass is 16.2. The molecule has 0 radical (unpaired) electrons. The number of nitrogens with one attached hydrogen (secondary N) is 1. The van der Waals surface area contributed by atoms with Crippen molar-refractivity contribution in [2.75, 3.05) is 13.1 Å². The lowest BCUT2D eigenvalue weighted by atomic mass is 10.0. The highest BCUT2D eigenvalue weighted by Crippen LogP contribution is 2.14. The van der Waals surface area contributed by atoms with Crippen LogP contribution in [-0.2, 0) is 16.0 Å². The minimum absolute atomic E-state index is 0.129. The molecule has 1 aromatic carbocycles. The van der Waals surface area contributed by atoms with Gasteiger partial charge in [-0.25, -0.2) is 0 Å². The van der Waals surface area contributed by atoms with Crippen LogP contribution in [0.5, 0.6) is 0 Å². The summed E-state index contributed by atoms with van der Waals surface area (Å²) in [6.07, 6.45) is 2.20. The van der Waals surface area contributed by atoms with Gasteiger partial charge in [0.2, 0.25) is 5.91 Å². The Balaban J connectivity index is 2.85. The Morgan fingerprint density at radius 3 is 2.46 bits per heavy atom. The van der Waals surface area contributed by atoms with Crippen molar-refractivity contribution in [3.8, 4) is 6.07 Å². The Kier molecular flexibility index (Phi) is 7.66. The molecule has 0 saturated heterocycles. The Morgan fingerprint density at radius 2 is 2.00 bits per heavy atom. The third-order valence-corrected chi connectivity index (χ3v) is 3.66. The fraction of sp³-hybridized carbons (Fsp3) is 0.389. The number of nitrogens with two attached hydrogens (primary N) is 1. The highest BCUT2D eigenvalue weighted by molar-refractivity contribution is 5.97. The number of rotatable bonds is 7. The molecule has 2 amide bonds. The van der Waals surface area contributed by atoms with E-state index >= 15 is 0 Å². The lowest BCUT2D eigenvalue weighted by Gasteiger charge is -2.17. The van der Waals surface area contributed by atoms with Gasteiger partial charge in [0.05, 0.1) is 6.04 Å². The molecule has 1 aromatic rings. The van der Waals surface area contributed by atoms with Gasteiger partial charge in [-0.05, 0) is 24.5 Å². The summed E-state index contributed by atoms with van der Waals surface area (Å²) in [5.41, 5.74) is 7.47. The molecule has 0 aliphatic heterocycles. The lowest BCUT2D eigenvalue weighted by molar-refractivity contribution is -0.126. The van der Waals surface area contributed by atoms with E-state index in [4.69, 9.17) is 5.73 Å². The number of benzene rings is 1. The van der Waals surface area contributed by atoms with Gasteiger partial charge in [0.15, 0.2) is 0 Å². The van der Waals surface area contributed by atoms with Gasteiger partial charge in [0, 0.05) is 26.2 Å². The summed E-state index contributed by atoms with van der Waals surface area (Å²) in [5.74, 6) is -0.794. The molecular weight excluding hydrogens is 304 g/mol. The van der Waals surface area contributed by atoms with Gasteiger partial charge in [-0.3, -0.25) is 9.59 Å². The predicted molar refractivity (Wildman–Crippen MR) is 92.5 cm³/mol. The molecule has 0 heterocycles. The van der Waals surface area contributed by atoms with Crippen LogP contribution in [0.4, 0.5) is 0 Å². The van der Waals surface area contributed by atoms with Crippen molar-refractivity contribution in [1.82, 2.24) is 10.2 Å². The number of hydrogen-bond acceptors (Lipinski definition) is 4. The van der Waals surface area contributed by atoms with Crippen LogP contribution >= 0.6 is 0 Å². The van der Waals surface area contributed by atoms with Crippen molar-refractivity contribution < 1.29 is 9.59 Å². The molecule has 0 fully saturated rings. The molecule has 0 saturated carbocycles. The second-order valence-electron chi connectivity index (χ2n) is 5.45. The number of carbonyl (C=O) groups excluding carboxylic acids is 2. The third kappa shape index (κ3) is 5.52. The van der Waals surface area contributed by atoms with E-state index in [2.05, 4.69) is 12.2 Å². The average molecular weight is 328 g/mol. The average Bonchev–Trinajstić information content (AvgIpc) is 2.58. The van der Waals surface area contributed by atoms with Crippen LogP contribution in [0.2, 0.25) is 0 Å². The first-order chi connectivity index (χ1) is 11.4. The van der Waals surface area contributed by atoms with E-state index in [-0.39, 0.29) is 30.6 Å². The number of nitrogens with zero attached hydrogens (tertiary/aromatic N) is 2.